The molecule has 11 heteroatoms. The minimum atomic E-state index is -4.35. The Morgan fingerprint density at radius 2 is 2.17 bits per heavy atom. The van der Waals surface area contributed by atoms with Gasteiger partial charge in [0.05, 0.1) is 4.88 Å². The molecule has 1 aliphatic heterocycles. The van der Waals surface area contributed by atoms with Crippen LogP contribution in [0.1, 0.15) is 32.0 Å². The van der Waals surface area contributed by atoms with E-state index in [0.717, 1.165) is 11.3 Å². The molecule has 29 heavy (non-hydrogen) atoms. The molecular formula is C18H15ClN2O6S2. The second kappa shape index (κ2) is 7.36. The number of anilines is 1. The van der Waals surface area contributed by atoms with Crippen molar-refractivity contribution in [3.63, 3.8) is 0 Å². The zero-order valence-corrected chi connectivity index (χ0v) is 17.1. The summed E-state index contributed by atoms with van der Waals surface area (Å²) in [6.07, 6.45) is -0.125. The van der Waals surface area contributed by atoms with Crippen LogP contribution in [0, 0.1) is 13.8 Å². The number of carbonyl (C=O) groups excluding carboxylic acids is 1. The van der Waals surface area contributed by atoms with Crippen LogP contribution in [0.3, 0.4) is 0 Å². The Balaban J connectivity index is 1.59. The summed E-state index contributed by atoms with van der Waals surface area (Å²) < 4.78 is 72.6. The van der Waals surface area contributed by atoms with Crippen molar-refractivity contribution in [2.24, 2.45) is 0 Å². The summed E-state index contributed by atoms with van der Waals surface area (Å²) in [6.45, 7) is -2.12. The van der Waals surface area contributed by atoms with E-state index in [-0.39, 0.29) is 16.2 Å². The highest BCUT2D eigenvalue weighted by Gasteiger charge is 2.27. The van der Waals surface area contributed by atoms with Gasteiger partial charge < -0.3 is 14.0 Å². The van der Waals surface area contributed by atoms with Gasteiger partial charge in [-0.25, -0.2) is 13.1 Å². The Morgan fingerprint density at radius 3 is 2.90 bits per heavy atom. The van der Waals surface area contributed by atoms with Gasteiger partial charge in [0.2, 0.25) is 6.77 Å². The topological polar surface area (TPSA) is 108 Å². The minimum absolute atomic E-state index is 0.0374. The van der Waals surface area contributed by atoms with E-state index in [0.29, 0.717) is 22.6 Å². The SMILES string of the molecule is [2H]C1Oc2cc(C)c(CC(=O)c3sccc3S(=O)(=O)Nc3onc(C([2H])([2H])[2H])c3Cl)cc2O1. The fraction of sp³-hybridized carbons (Fsp3) is 0.222. The van der Waals surface area contributed by atoms with Gasteiger partial charge in [-0.1, -0.05) is 16.8 Å². The number of sulfonamides is 1. The van der Waals surface area contributed by atoms with Crippen LogP contribution in [-0.2, 0) is 16.4 Å². The molecule has 152 valence electrons. The molecule has 1 N–H and O–H groups in total. The first-order valence-electron chi connectivity index (χ1n) is 10.1. The number of hydrogen-bond acceptors (Lipinski definition) is 8. The smallest absolute Gasteiger partial charge is 0.265 e. The molecule has 0 bridgehead atoms. The molecule has 8 nitrogen and oxygen atoms in total. The van der Waals surface area contributed by atoms with Crippen LogP contribution in [0.15, 0.2) is 33.0 Å². The van der Waals surface area contributed by atoms with E-state index in [1.807, 2.05) is 4.72 Å². The number of fused-ring (bicyclic) bond motifs is 1. The number of nitrogens with one attached hydrogen (secondary N) is 1. The highest BCUT2D eigenvalue weighted by atomic mass is 35.5. The van der Waals surface area contributed by atoms with Crippen LogP contribution in [0.25, 0.3) is 0 Å². The Morgan fingerprint density at radius 1 is 1.41 bits per heavy atom. The number of ether oxygens (including phenoxy) is 2. The molecule has 1 aliphatic rings. The molecule has 1 unspecified atom stereocenters. The van der Waals surface area contributed by atoms with Crippen LogP contribution in [0.5, 0.6) is 11.5 Å². The predicted octanol–water partition coefficient (Wildman–Crippen LogP) is 3.96. The Labute approximate surface area is 181 Å². The van der Waals surface area contributed by atoms with Crippen molar-refractivity contribution >= 4 is 44.6 Å². The van der Waals surface area contributed by atoms with Crippen LogP contribution in [0.4, 0.5) is 5.88 Å². The van der Waals surface area contributed by atoms with Gasteiger partial charge in [0.1, 0.15) is 17.0 Å². The molecule has 0 saturated heterocycles. The molecule has 0 spiro atoms. The number of rotatable bonds is 6. The molecule has 0 aliphatic carbocycles. The number of halogens is 1. The Hall–Kier alpha value is -2.56. The fourth-order valence-corrected chi connectivity index (χ4v) is 5.25. The number of Topliss-reactive ketones (excluding diaryl/α,β-unsaturated/α-hetero) is 1. The number of carbonyl (C=O) groups is 1. The molecule has 3 heterocycles. The Kier molecular flexibility index (Phi) is 3.88. The second-order valence-electron chi connectivity index (χ2n) is 6.05. The first-order valence-corrected chi connectivity index (χ1v) is 10.8. The summed E-state index contributed by atoms with van der Waals surface area (Å²) in [5.74, 6) is -0.313. The van der Waals surface area contributed by atoms with E-state index >= 15 is 0 Å². The van der Waals surface area contributed by atoms with Gasteiger partial charge in [-0.15, -0.1) is 11.3 Å². The fourth-order valence-electron chi connectivity index (χ4n) is 2.69. The monoisotopic (exact) mass is 458 g/mol. The average Bonchev–Trinajstić information content (AvgIpc) is 3.40. The Bertz CT molecular complexity index is 1350. The highest BCUT2D eigenvalue weighted by molar-refractivity contribution is 7.93. The van der Waals surface area contributed by atoms with E-state index < -0.39 is 46.0 Å². The van der Waals surface area contributed by atoms with Gasteiger partial charge in [-0.05, 0) is 48.5 Å². The maximum Gasteiger partial charge on any atom is 0.265 e. The minimum Gasteiger partial charge on any atom is -0.454 e. The standard InChI is InChI=1S/C18H15ClN2O6S2/c1-9-5-13-14(26-8-25-13)7-11(9)6-12(22)17-15(3-4-28-17)29(23,24)21-18-16(19)10(2)20-27-18/h3-5,7,21H,6,8H2,1-2H3/i2D3,8D. The lowest BCUT2D eigenvalue weighted by molar-refractivity contribution is 0.0994. The lowest BCUT2D eigenvalue weighted by Crippen LogP contribution is -2.16. The van der Waals surface area contributed by atoms with Crippen molar-refractivity contribution in [1.82, 2.24) is 5.16 Å². The number of ketones is 1. The third-order valence-electron chi connectivity index (χ3n) is 4.14. The van der Waals surface area contributed by atoms with Crippen molar-refractivity contribution in [3.8, 4) is 11.5 Å². The first kappa shape index (κ1) is 15.3. The third-order valence-corrected chi connectivity index (χ3v) is 6.95. The van der Waals surface area contributed by atoms with E-state index in [4.69, 9.17) is 31.1 Å². The molecule has 0 amide bonds. The summed E-state index contributed by atoms with van der Waals surface area (Å²) in [5.41, 5.74) is 0.711. The second-order valence-corrected chi connectivity index (χ2v) is 9.00. The van der Waals surface area contributed by atoms with Crippen LogP contribution >= 0.6 is 22.9 Å². The summed E-state index contributed by atoms with van der Waals surface area (Å²) in [5, 5.41) is 4.26. The van der Waals surface area contributed by atoms with E-state index in [1.165, 1.54) is 11.4 Å². The van der Waals surface area contributed by atoms with Gasteiger partial charge in [0, 0.05) is 10.5 Å². The normalized spacial score (nSPS) is 17.9. The molecule has 2 aromatic heterocycles. The molecule has 4 rings (SSSR count). The highest BCUT2D eigenvalue weighted by Crippen LogP contribution is 2.36. The molecule has 1 aromatic carbocycles. The van der Waals surface area contributed by atoms with E-state index in [9.17, 15) is 13.2 Å². The summed E-state index contributed by atoms with van der Waals surface area (Å²) >= 11 is 6.85. The number of aryl methyl sites for hydroxylation is 2. The van der Waals surface area contributed by atoms with Gasteiger partial charge >= 0.3 is 0 Å². The maximum atomic E-state index is 13.0. The zero-order valence-electron chi connectivity index (χ0n) is 18.7. The molecule has 3 aromatic rings. The van der Waals surface area contributed by atoms with Crippen molar-refractivity contribution < 1.29 is 32.7 Å². The van der Waals surface area contributed by atoms with Crippen molar-refractivity contribution in [1.29, 1.82) is 0 Å². The lowest BCUT2D eigenvalue weighted by Gasteiger charge is -2.09. The summed E-state index contributed by atoms with van der Waals surface area (Å²) in [4.78, 5) is 12.6. The number of benzene rings is 1. The molecule has 0 radical (unpaired) electrons. The summed E-state index contributed by atoms with van der Waals surface area (Å²) in [7, 11) is -4.35. The maximum absolute atomic E-state index is 13.0. The van der Waals surface area contributed by atoms with Crippen molar-refractivity contribution in [3.05, 3.63) is 50.3 Å². The number of hydrogen-bond donors (Lipinski definition) is 1. The first-order chi connectivity index (χ1) is 15.4. The van der Waals surface area contributed by atoms with E-state index in [2.05, 4.69) is 5.16 Å². The van der Waals surface area contributed by atoms with E-state index in [1.54, 1.807) is 19.1 Å². The molecule has 0 fully saturated rings. The van der Waals surface area contributed by atoms with Crippen molar-refractivity contribution in [2.45, 2.75) is 25.1 Å². The number of aromatic nitrogens is 1. The van der Waals surface area contributed by atoms with Gasteiger partial charge in [-0.3, -0.25) is 4.79 Å². The molecule has 0 saturated carbocycles. The largest absolute Gasteiger partial charge is 0.454 e. The van der Waals surface area contributed by atoms with Gasteiger partial charge in [0.25, 0.3) is 15.9 Å². The zero-order chi connectivity index (χ0) is 24.1. The van der Waals surface area contributed by atoms with Crippen LogP contribution in [0.2, 0.25) is 5.02 Å². The molecular weight excluding hydrogens is 440 g/mol. The third kappa shape index (κ3) is 3.70. The predicted molar refractivity (Wildman–Crippen MR) is 107 cm³/mol. The van der Waals surface area contributed by atoms with Crippen LogP contribution in [-0.4, -0.2) is 26.1 Å². The average molecular weight is 459 g/mol. The number of nitrogens with zero attached hydrogens (tertiary/aromatic N) is 1. The summed E-state index contributed by atoms with van der Waals surface area (Å²) in [6, 6.07) is 4.47. The van der Waals surface area contributed by atoms with Gasteiger partial charge in [-0.2, -0.15) is 0 Å². The lowest BCUT2D eigenvalue weighted by atomic mass is 10.0. The molecule has 1 atom stereocenters. The quantitative estimate of drug-likeness (QED) is 0.557. The van der Waals surface area contributed by atoms with Gasteiger partial charge in [0.15, 0.2) is 17.3 Å². The van der Waals surface area contributed by atoms with Crippen molar-refractivity contribution in [2.75, 3.05) is 11.5 Å². The van der Waals surface area contributed by atoms with Crippen LogP contribution < -0.4 is 14.2 Å². The number of thiophene rings is 1.